The highest BCUT2D eigenvalue weighted by molar-refractivity contribution is 6.00. The van der Waals surface area contributed by atoms with Crippen LogP contribution < -0.4 is 20.3 Å². The Morgan fingerprint density at radius 2 is 1.74 bits per heavy atom. The minimum Gasteiger partial charge on any atom is -0.494 e. The normalized spacial score (nSPS) is 14.0. The second-order valence-electron chi connectivity index (χ2n) is 6.21. The fourth-order valence-electron chi connectivity index (χ4n) is 2.86. The van der Waals surface area contributed by atoms with Crippen LogP contribution in [0.25, 0.3) is 0 Å². The Morgan fingerprint density at radius 1 is 1.11 bits per heavy atom. The van der Waals surface area contributed by atoms with Gasteiger partial charge in [-0.1, -0.05) is 0 Å². The Labute approximate surface area is 158 Å². The Morgan fingerprint density at radius 3 is 2.33 bits per heavy atom. The molecule has 0 spiro atoms. The van der Waals surface area contributed by atoms with Crippen molar-refractivity contribution in [2.75, 3.05) is 48.4 Å². The van der Waals surface area contributed by atoms with Crippen LogP contribution in [0.5, 0.6) is 5.75 Å². The summed E-state index contributed by atoms with van der Waals surface area (Å²) in [4.78, 5) is 23.5. The van der Waals surface area contributed by atoms with Gasteiger partial charge in [0, 0.05) is 18.8 Å². The molecule has 0 saturated carbocycles. The molecule has 2 aromatic rings. The monoisotopic (exact) mass is 371 g/mol. The molecule has 0 aliphatic carbocycles. The van der Waals surface area contributed by atoms with Crippen LogP contribution in [-0.4, -0.2) is 48.9 Å². The average molecular weight is 371 g/mol. The van der Waals surface area contributed by atoms with Gasteiger partial charge >= 0.3 is 6.03 Å². The van der Waals surface area contributed by atoms with E-state index in [2.05, 4.69) is 25.5 Å². The number of carbonyl (C=O) groups is 1. The summed E-state index contributed by atoms with van der Waals surface area (Å²) in [5.41, 5.74) is 2.75. The molecule has 27 heavy (non-hydrogen) atoms. The largest absolute Gasteiger partial charge is 0.494 e. The number of morpholine rings is 1. The Hall–Kier alpha value is -2.87. The van der Waals surface area contributed by atoms with Crippen LogP contribution in [0.4, 0.5) is 22.1 Å². The average Bonchev–Trinajstić information content (AvgIpc) is 2.67. The van der Waals surface area contributed by atoms with Crippen molar-refractivity contribution in [3.63, 3.8) is 0 Å². The quantitative estimate of drug-likeness (QED) is 0.840. The molecule has 0 unspecified atom stereocenters. The van der Waals surface area contributed by atoms with E-state index in [0.29, 0.717) is 37.1 Å². The van der Waals surface area contributed by atoms with Gasteiger partial charge in [0.25, 0.3) is 0 Å². The summed E-state index contributed by atoms with van der Waals surface area (Å²) in [5, 5.41) is 5.65. The van der Waals surface area contributed by atoms with Crippen LogP contribution >= 0.6 is 0 Å². The summed E-state index contributed by atoms with van der Waals surface area (Å²) in [6, 6.07) is 6.88. The molecule has 0 bridgehead atoms. The standard InChI is InChI=1S/C19H25N5O3/c1-4-27-16-7-5-15(6-8-16)22-19(25)23-17-13(2)20-18(21-14(17)3)24-9-11-26-12-10-24/h5-8H,4,9-12H2,1-3H3,(H2,22,23,25). The fourth-order valence-corrected chi connectivity index (χ4v) is 2.86. The van der Waals surface area contributed by atoms with Gasteiger partial charge < -0.3 is 25.0 Å². The predicted octanol–water partition coefficient (Wildman–Crippen LogP) is 2.97. The lowest BCUT2D eigenvalue weighted by Crippen LogP contribution is -2.37. The summed E-state index contributed by atoms with van der Waals surface area (Å²) in [7, 11) is 0. The molecular formula is C19H25N5O3. The third-order valence-corrected chi connectivity index (χ3v) is 4.21. The number of aryl methyl sites for hydroxylation is 2. The number of nitrogens with zero attached hydrogens (tertiary/aromatic N) is 3. The van der Waals surface area contributed by atoms with Gasteiger partial charge in [-0.3, -0.25) is 0 Å². The lowest BCUT2D eigenvalue weighted by molar-refractivity contribution is 0.122. The maximum absolute atomic E-state index is 12.3. The minimum atomic E-state index is -0.340. The van der Waals surface area contributed by atoms with Crippen LogP contribution in [0.1, 0.15) is 18.3 Å². The summed E-state index contributed by atoms with van der Waals surface area (Å²) in [5.74, 6) is 1.44. The Bertz CT molecular complexity index is 765. The van der Waals surface area contributed by atoms with E-state index in [0.717, 1.165) is 30.2 Å². The number of nitrogens with one attached hydrogen (secondary N) is 2. The van der Waals surface area contributed by atoms with Gasteiger partial charge in [-0.2, -0.15) is 0 Å². The van der Waals surface area contributed by atoms with E-state index in [-0.39, 0.29) is 6.03 Å². The van der Waals surface area contributed by atoms with Crippen LogP contribution in [0, 0.1) is 13.8 Å². The van der Waals surface area contributed by atoms with Gasteiger partial charge in [0.2, 0.25) is 5.95 Å². The van der Waals surface area contributed by atoms with Crippen molar-refractivity contribution < 1.29 is 14.3 Å². The fraction of sp³-hybridized carbons (Fsp3) is 0.421. The first kappa shape index (κ1) is 18.9. The second-order valence-corrected chi connectivity index (χ2v) is 6.21. The number of hydrogen-bond donors (Lipinski definition) is 2. The molecular weight excluding hydrogens is 346 g/mol. The Kier molecular flexibility index (Phi) is 6.08. The molecule has 2 amide bonds. The molecule has 1 aromatic carbocycles. The number of carbonyl (C=O) groups excluding carboxylic acids is 1. The summed E-state index contributed by atoms with van der Waals surface area (Å²) < 4.78 is 10.8. The molecule has 3 rings (SSSR count). The van der Waals surface area contributed by atoms with Gasteiger partial charge in [0.15, 0.2) is 0 Å². The maximum Gasteiger partial charge on any atom is 0.323 e. The Balaban J connectivity index is 1.66. The molecule has 8 nitrogen and oxygen atoms in total. The molecule has 0 radical (unpaired) electrons. The molecule has 0 atom stereocenters. The molecule has 1 aromatic heterocycles. The summed E-state index contributed by atoms with van der Waals surface area (Å²) in [6.07, 6.45) is 0. The van der Waals surface area contributed by atoms with Crippen LogP contribution in [0.2, 0.25) is 0 Å². The number of urea groups is 1. The van der Waals surface area contributed by atoms with Gasteiger partial charge in [-0.25, -0.2) is 14.8 Å². The predicted molar refractivity (Wildman–Crippen MR) is 105 cm³/mol. The van der Waals surface area contributed by atoms with E-state index in [9.17, 15) is 4.79 Å². The highest BCUT2D eigenvalue weighted by atomic mass is 16.5. The highest BCUT2D eigenvalue weighted by Crippen LogP contribution is 2.22. The first-order chi connectivity index (χ1) is 13.1. The lowest BCUT2D eigenvalue weighted by Gasteiger charge is -2.27. The van der Waals surface area contributed by atoms with Gasteiger partial charge in [0.05, 0.1) is 36.9 Å². The third kappa shape index (κ3) is 4.85. The number of anilines is 3. The van der Waals surface area contributed by atoms with Crippen molar-refractivity contribution in [2.24, 2.45) is 0 Å². The zero-order valence-electron chi connectivity index (χ0n) is 15.9. The van der Waals surface area contributed by atoms with Crippen molar-refractivity contribution in [1.29, 1.82) is 0 Å². The van der Waals surface area contributed by atoms with Crippen molar-refractivity contribution in [3.8, 4) is 5.75 Å². The van der Waals surface area contributed by atoms with Crippen LogP contribution in [0.3, 0.4) is 0 Å². The zero-order valence-corrected chi connectivity index (χ0v) is 15.9. The zero-order chi connectivity index (χ0) is 19.2. The van der Waals surface area contributed by atoms with Crippen LogP contribution in [0.15, 0.2) is 24.3 Å². The number of benzene rings is 1. The molecule has 1 aliphatic rings. The van der Waals surface area contributed by atoms with E-state index in [1.165, 1.54) is 0 Å². The van der Waals surface area contributed by atoms with Crippen molar-refractivity contribution >= 4 is 23.4 Å². The van der Waals surface area contributed by atoms with E-state index in [1.807, 2.05) is 32.9 Å². The van der Waals surface area contributed by atoms with Gasteiger partial charge in [0.1, 0.15) is 5.75 Å². The van der Waals surface area contributed by atoms with Gasteiger partial charge in [-0.15, -0.1) is 0 Å². The molecule has 2 heterocycles. The van der Waals surface area contributed by atoms with Crippen molar-refractivity contribution in [2.45, 2.75) is 20.8 Å². The van der Waals surface area contributed by atoms with Crippen molar-refractivity contribution in [1.82, 2.24) is 9.97 Å². The molecule has 1 aliphatic heterocycles. The van der Waals surface area contributed by atoms with E-state index >= 15 is 0 Å². The smallest absolute Gasteiger partial charge is 0.323 e. The van der Waals surface area contributed by atoms with E-state index < -0.39 is 0 Å². The second kappa shape index (κ2) is 8.68. The molecule has 1 fully saturated rings. The molecule has 144 valence electrons. The first-order valence-corrected chi connectivity index (χ1v) is 9.05. The van der Waals surface area contributed by atoms with E-state index in [4.69, 9.17) is 9.47 Å². The summed E-state index contributed by atoms with van der Waals surface area (Å²) in [6.45, 7) is 9.14. The lowest BCUT2D eigenvalue weighted by atomic mass is 10.2. The van der Waals surface area contributed by atoms with Gasteiger partial charge in [-0.05, 0) is 45.0 Å². The number of aromatic nitrogens is 2. The number of amides is 2. The number of ether oxygens (including phenoxy) is 2. The molecule has 2 N–H and O–H groups in total. The van der Waals surface area contributed by atoms with E-state index in [1.54, 1.807) is 12.1 Å². The molecule has 1 saturated heterocycles. The SMILES string of the molecule is CCOc1ccc(NC(=O)Nc2c(C)nc(N3CCOCC3)nc2C)cc1. The minimum absolute atomic E-state index is 0.340. The molecule has 8 heteroatoms. The highest BCUT2D eigenvalue weighted by Gasteiger charge is 2.17. The summed E-state index contributed by atoms with van der Waals surface area (Å²) >= 11 is 0. The third-order valence-electron chi connectivity index (χ3n) is 4.21. The first-order valence-electron chi connectivity index (χ1n) is 9.05. The number of hydrogen-bond acceptors (Lipinski definition) is 6. The maximum atomic E-state index is 12.3. The number of rotatable bonds is 5. The van der Waals surface area contributed by atoms with Crippen LogP contribution in [-0.2, 0) is 4.74 Å². The topological polar surface area (TPSA) is 88.6 Å². The van der Waals surface area contributed by atoms with Crippen molar-refractivity contribution in [3.05, 3.63) is 35.7 Å².